The van der Waals surface area contributed by atoms with E-state index in [2.05, 4.69) is 16.8 Å². The SMILES string of the molecule is COCN1CC(C(=O)C(=O)N(C)C)c2cc(C(=O)N3C[C@H](C)N(Cc4ccc(F)cc4)C[C@H]3C)c(OC)nc21. The fraction of sp³-hybridized carbons (Fsp3) is 0.500. The second-order valence-electron chi connectivity index (χ2n) is 10.4. The van der Waals surface area contributed by atoms with Gasteiger partial charge in [0.1, 0.15) is 23.9 Å². The van der Waals surface area contributed by atoms with Crippen LogP contribution >= 0.6 is 0 Å². The molecule has 0 aliphatic carbocycles. The molecule has 1 fully saturated rings. The third-order valence-corrected chi connectivity index (χ3v) is 7.39. The van der Waals surface area contributed by atoms with Gasteiger partial charge in [0.25, 0.3) is 11.8 Å². The average molecular weight is 542 g/mol. The van der Waals surface area contributed by atoms with Crippen molar-refractivity contribution in [2.75, 3.05) is 59.6 Å². The molecule has 10 nitrogen and oxygen atoms in total. The minimum atomic E-state index is -0.779. The van der Waals surface area contributed by atoms with Gasteiger partial charge in [-0.2, -0.15) is 4.98 Å². The molecule has 1 aromatic carbocycles. The zero-order valence-corrected chi connectivity index (χ0v) is 23.3. The molecule has 2 aliphatic rings. The summed E-state index contributed by atoms with van der Waals surface area (Å²) in [5.74, 6) is -1.87. The standard InChI is InChI=1S/C28H36FN5O5/c1-17-13-34(18(2)12-32(17)14-19-7-9-20(29)10-8-19)27(36)22-11-21-23(24(35)28(37)31(3)4)15-33(16-38-5)25(21)30-26(22)39-6/h7-11,17-18,23H,12-16H2,1-6H3/t17-,18+,23?/m0/s1. The molecule has 1 saturated heterocycles. The van der Waals surface area contributed by atoms with Gasteiger partial charge in [-0.3, -0.25) is 19.3 Å². The predicted octanol–water partition coefficient (Wildman–Crippen LogP) is 2.13. The summed E-state index contributed by atoms with van der Waals surface area (Å²) in [5, 5.41) is 0. The van der Waals surface area contributed by atoms with Crippen LogP contribution in [0.3, 0.4) is 0 Å². The Morgan fingerprint density at radius 2 is 1.74 bits per heavy atom. The Bertz CT molecular complexity index is 1240. The Morgan fingerprint density at radius 1 is 1.05 bits per heavy atom. The molecular formula is C28H36FN5O5. The summed E-state index contributed by atoms with van der Waals surface area (Å²) in [5.41, 5.74) is 1.76. The Balaban J connectivity index is 1.61. The number of likely N-dealkylation sites (N-methyl/N-ethyl adjacent to an activating group) is 1. The van der Waals surface area contributed by atoms with E-state index in [1.54, 1.807) is 28.0 Å². The van der Waals surface area contributed by atoms with Gasteiger partial charge >= 0.3 is 0 Å². The molecule has 1 aromatic heterocycles. The Labute approximate surface area is 228 Å². The van der Waals surface area contributed by atoms with E-state index in [0.29, 0.717) is 31.0 Å². The number of carbonyl (C=O) groups excluding carboxylic acids is 3. The lowest BCUT2D eigenvalue weighted by molar-refractivity contribution is -0.143. The molecule has 11 heteroatoms. The van der Waals surface area contributed by atoms with Crippen molar-refractivity contribution >= 4 is 23.4 Å². The first-order chi connectivity index (χ1) is 18.5. The number of halogens is 1. The highest BCUT2D eigenvalue weighted by molar-refractivity contribution is 6.38. The molecule has 0 N–H and O–H groups in total. The molecule has 0 spiro atoms. The first-order valence-electron chi connectivity index (χ1n) is 12.9. The highest BCUT2D eigenvalue weighted by Crippen LogP contribution is 2.39. The number of methoxy groups -OCH3 is 2. The molecule has 39 heavy (non-hydrogen) atoms. The molecule has 2 aromatic rings. The van der Waals surface area contributed by atoms with Crippen LogP contribution in [0.1, 0.15) is 41.3 Å². The summed E-state index contributed by atoms with van der Waals surface area (Å²) in [6.45, 7) is 6.17. The van der Waals surface area contributed by atoms with Crippen LogP contribution < -0.4 is 9.64 Å². The number of piperazine rings is 1. The number of benzene rings is 1. The van der Waals surface area contributed by atoms with Gasteiger partial charge in [0.05, 0.1) is 13.0 Å². The predicted molar refractivity (Wildman–Crippen MR) is 143 cm³/mol. The number of rotatable bonds is 8. The molecule has 2 amide bonds. The number of hydrogen-bond donors (Lipinski definition) is 0. The number of anilines is 1. The van der Waals surface area contributed by atoms with Crippen LogP contribution in [0.15, 0.2) is 30.3 Å². The normalized spacial score (nSPS) is 21.1. The number of hydrogen-bond acceptors (Lipinski definition) is 8. The number of Topliss-reactive ketones (excluding diaryl/α,β-unsaturated/α-hetero) is 1. The zero-order chi connectivity index (χ0) is 28.4. The molecule has 3 atom stereocenters. The number of pyridine rings is 1. The number of amides is 2. The fourth-order valence-corrected chi connectivity index (χ4v) is 5.27. The lowest BCUT2D eigenvalue weighted by Gasteiger charge is -2.44. The van der Waals surface area contributed by atoms with E-state index in [9.17, 15) is 18.8 Å². The van der Waals surface area contributed by atoms with E-state index in [1.165, 1.54) is 45.3 Å². The van der Waals surface area contributed by atoms with Crippen LogP contribution in [0.25, 0.3) is 0 Å². The van der Waals surface area contributed by atoms with Crippen LogP contribution in [0.4, 0.5) is 10.2 Å². The molecular weight excluding hydrogens is 505 g/mol. The van der Waals surface area contributed by atoms with Gasteiger partial charge in [-0.1, -0.05) is 12.1 Å². The number of aromatic nitrogens is 1. The van der Waals surface area contributed by atoms with Crippen molar-refractivity contribution in [1.82, 2.24) is 19.7 Å². The van der Waals surface area contributed by atoms with E-state index in [-0.39, 0.29) is 48.5 Å². The second-order valence-corrected chi connectivity index (χ2v) is 10.4. The molecule has 210 valence electrons. The van der Waals surface area contributed by atoms with Gasteiger partial charge in [-0.25, -0.2) is 4.39 Å². The first kappa shape index (κ1) is 28.4. The van der Waals surface area contributed by atoms with Crippen LogP contribution in [0, 0.1) is 5.82 Å². The number of carbonyl (C=O) groups is 3. The van der Waals surface area contributed by atoms with Crippen molar-refractivity contribution in [2.45, 2.75) is 38.4 Å². The van der Waals surface area contributed by atoms with Crippen LogP contribution in [0.5, 0.6) is 5.88 Å². The number of ketones is 1. The van der Waals surface area contributed by atoms with Crippen molar-refractivity contribution in [2.24, 2.45) is 0 Å². The van der Waals surface area contributed by atoms with E-state index in [0.717, 1.165) is 5.56 Å². The van der Waals surface area contributed by atoms with Crippen molar-refractivity contribution in [3.05, 3.63) is 52.8 Å². The van der Waals surface area contributed by atoms with Gasteiger partial charge in [0, 0.05) is 65.0 Å². The maximum Gasteiger partial charge on any atom is 0.290 e. The zero-order valence-electron chi connectivity index (χ0n) is 23.3. The molecule has 2 aliphatic heterocycles. The summed E-state index contributed by atoms with van der Waals surface area (Å²) in [7, 11) is 6.05. The van der Waals surface area contributed by atoms with E-state index in [1.807, 2.05) is 6.92 Å². The van der Waals surface area contributed by atoms with Gasteiger partial charge in [0.2, 0.25) is 11.7 Å². The van der Waals surface area contributed by atoms with Crippen molar-refractivity contribution in [3.8, 4) is 5.88 Å². The lowest BCUT2D eigenvalue weighted by atomic mass is 9.95. The third-order valence-electron chi connectivity index (χ3n) is 7.39. The summed E-state index contributed by atoms with van der Waals surface area (Å²) in [6.07, 6.45) is 0. The topological polar surface area (TPSA) is 95.5 Å². The molecule has 1 unspecified atom stereocenters. The smallest absolute Gasteiger partial charge is 0.290 e. The highest BCUT2D eigenvalue weighted by Gasteiger charge is 2.41. The Morgan fingerprint density at radius 3 is 2.36 bits per heavy atom. The number of nitrogens with zero attached hydrogens (tertiary/aromatic N) is 5. The molecule has 0 radical (unpaired) electrons. The van der Waals surface area contributed by atoms with Crippen molar-refractivity contribution < 1.29 is 28.2 Å². The summed E-state index contributed by atoms with van der Waals surface area (Å²) in [6, 6.07) is 8.03. The van der Waals surface area contributed by atoms with Crippen molar-refractivity contribution in [1.29, 1.82) is 0 Å². The lowest BCUT2D eigenvalue weighted by Crippen LogP contribution is -2.57. The van der Waals surface area contributed by atoms with E-state index < -0.39 is 17.6 Å². The van der Waals surface area contributed by atoms with Gasteiger partial charge in [-0.15, -0.1) is 0 Å². The molecule has 0 saturated carbocycles. The minimum Gasteiger partial charge on any atom is -0.480 e. The Hall–Kier alpha value is -3.57. The van der Waals surface area contributed by atoms with E-state index in [4.69, 9.17) is 9.47 Å². The van der Waals surface area contributed by atoms with Crippen LogP contribution in [-0.2, 0) is 20.9 Å². The number of fused-ring (bicyclic) bond motifs is 1. The quantitative estimate of drug-likeness (QED) is 0.469. The highest BCUT2D eigenvalue weighted by atomic mass is 19.1. The maximum atomic E-state index is 13.9. The average Bonchev–Trinajstić information content (AvgIpc) is 3.27. The summed E-state index contributed by atoms with van der Waals surface area (Å²) >= 11 is 0. The largest absolute Gasteiger partial charge is 0.480 e. The number of ether oxygens (including phenoxy) is 2. The van der Waals surface area contributed by atoms with Crippen molar-refractivity contribution in [3.63, 3.8) is 0 Å². The maximum absolute atomic E-state index is 13.9. The fourth-order valence-electron chi connectivity index (χ4n) is 5.27. The van der Waals surface area contributed by atoms with Crippen LogP contribution in [0.2, 0.25) is 0 Å². The monoisotopic (exact) mass is 541 g/mol. The second kappa shape index (κ2) is 11.7. The summed E-state index contributed by atoms with van der Waals surface area (Å²) in [4.78, 5) is 51.2. The Kier molecular flexibility index (Phi) is 8.51. The molecule has 0 bridgehead atoms. The summed E-state index contributed by atoms with van der Waals surface area (Å²) < 4.78 is 24.2. The van der Waals surface area contributed by atoms with Gasteiger partial charge in [0.15, 0.2) is 0 Å². The molecule has 3 heterocycles. The molecule has 4 rings (SSSR count). The third kappa shape index (κ3) is 5.74. The van der Waals surface area contributed by atoms with Gasteiger partial charge < -0.3 is 24.2 Å². The van der Waals surface area contributed by atoms with E-state index >= 15 is 0 Å². The van der Waals surface area contributed by atoms with Crippen LogP contribution in [-0.4, -0.2) is 104 Å². The minimum absolute atomic E-state index is 0.0489. The first-order valence-corrected chi connectivity index (χ1v) is 12.9. The van der Waals surface area contributed by atoms with Gasteiger partial charge in [-0.05, 0) is 37.6 Å².